The SMILES string of the molecule is N#Cc1c(Cl)ccc(CN)c1Br. The average molecular weight is 246 g/mol. The zero-order valence-corrected chi connectivity index (χ0v) is 8.48. The maximum atomic E-state index is 8.71. The molecular weight excluding hydrogens is 239 g/mol. The summed E-state index contributed by atoms with van der Waals surface area (Å²) >= 11 is 9.03. The number of nitriles is 1. The number of rotatable bonds is 1. The van der Waals surface area contributed by atoms with Gasteiger partial charge in [0.2, 0.25) is 0 Å². The van der Waals surface area contributed by atoms with Gasteiger partial charge in [-0.05, 0) is 27.6 Å². The molecule has 2 N–H and O–H groups in total. The minimum absolute atomic E-state index is 0.395. The summed E-state index contributed by atoms with van der Waals surface area (Å²) in [6.45, 7) is 0.395. The Bertz CT molecular complexity index is 344. The van der Waals surface area contributed by atoms with Gasteiger partial charge < -0.3 is 5.73 Å². The molecule has 0 aromatic heterocycles. The second-order valence-electron chi connectivity index (χ2n) is 2.21. The zero-order valence-electron chi connectivity index (χ0n) is 6.14. The molecule has 0 atom stereocenters. The number of nitrogens with two attached hydrogens (primary N) is 1. The molecule has 0 saturated heterocycles. The largest absolute Gasteiger partial charge is 0.326 e. The second-order valence-corrected chi connectivity index (χ2v) is 3.41. The van der Waals surface area contributed by atoms with Gasteiger partial charge >= 0.3 is 0 Å². The third kappa shape index (κ3) is 1.61. The molecule has 0 fully saturated rings. The number of hydrogen-bond acceptors (Lipinski definition) is 2. The third-order valence-corrected chi connectivity index (χ3v) is 2.72. The third-order valence-electron chi connectivity index (χ3n) is 1.50. The Hall–Kier alpha value is -0.560. The standard InChI is InChI=1S/C8H6BrClN2/c9-8-5(3-11)1-2-7(10)6(8)4-12/h1-2H,3,11H2. The quantitative estimate of drug-likeness (QED) is 0.826. The van der Waals surface area contributed by atoms with Crippen molar-refractivity contribution in [2.45, 2.75) is 6.54 Å². The van der Waals surface area contributed by atoms with E-state index in [2.05, 4.69) is 15.9 Å². The second kappa shape index (κ2) is 3.90. The van der Waals surface area contributed by atoms with Crippen molar-refractivity contribution in [3.63, 3.8) is 0 Å². The maximum absolute atomic E-state index is 8.71. The first kappa shape index (κ1) is 9.53. The highest BCUT2D eigenvalue weighted by Crippen LogP contribution is 2.27. The summed E-state index contributed by atoms with van der Waals surface area (Å²) in [6, 6.07) is 5.48. The number of benzene rings is 1. The van der Waals surface area contributed by atoms with E-state index in [0.29, 0.717) is 21.6 Å². The van der Waals surface area contributed by atoms with E-state index < -0.39 is 0 Å². The highest BCUT2D eigenvalue weighted by Gasteiger charge is 2.07. The highest BCUT2D eigenvalue weighted by molar-refractivity contribution is 9.10. The van der Waals surface area contributed by atoms with Crippen LogP contribution in [0.5, 0.6) is 0 Å². The number of nitrogens with zero attached hydrogens (tertiary/aromatic N) is 1. The molecule has 1 rings (SSSR count). The predicted molar refractivity (Wildman–Crippen MR) is 51.8 cm³/mol. The lowest BCUT2D eigenvalue weighted by Gasteiger charge is -2.03. The van der Waals surface area contributed by atoms with Crippen LogP contribution in [0.25, 0.3) is 0 Å². The van der Waals surface area contributed by atoms with Crippen molar-refractivity contribution in [1.29, 1.82) is 5.26 Å². The molecule has 1 aromatic rings. The molecule has 62 valence electrons. The molecule has 0 saturated carbocycles. The van der Waals surface area contributed by atoms with E-state index >= 15 is 0 Å². The van der Waals surface area contributed by atoms with Crippen molar-refractivity contribution in [2.24, 2.45) is 5.73 Å². The average Bonchev–Trinajstić information content (AvgIpc) is 2.06. The summed E-state index contributed by atoms with van der Waals surface area (Å²) in [7, 11) is 0. The van der Waals surface area contributed by atoms with E-state index in [1.807, 2.05) is 6.07 Å². The molecule has 4 heteroatoms. The van der Waals surface area contributed by atoms with Gasteiger partial charge in [0.1, 0.15) is 6.07 Å². The van der Waals surface area contributed by atoms with Crippen LogP contribution in [-0.2, 0) is 6.54 Å². The van der Waals surface area contributed by atoms with E-state index in [4.69, 9.17) is 22.6 Å². The Morgan fingerprint density at radius 2 is 2.25 bits per heavy atom. The summed E-state index contributed by atoms with van der Waals surface area (Å²) in [5, 5.41) is 9.16. The van der Waals surface area contributed by atoms with Crippen LogP contribution in [0.2, 0.25) is 5.02 Å². The van der Waals surface area contributed by atoms with Gasteiger partial charge in [-0.3, -0.25) is 0 Å². The van der Waals surface area contributed by atoms with Crippen LogP contribution in [-0.4, -0.2) is 0 Å². The molecule has 0 aliphatic heterocycles. The van der Waals surface area contributed by atoms with Crippen LogP contribution < -0.4 is 5.73 Å². The van der Waals surface area contributed by atoms with Crippen molar-refractivity contribution >= 4 is 27.5 Å². The fraction of sp³-hybridized carbons (Fsp3) is 0.125. The van der Waals surface area contributed by atoms with Gasteiger partial charge in [-0.2, -0.15) is 5.26 Å². The Labute approximate surface area is 84.1 Å². The molecule has 0 radical (unpaired) electrons. The van der Waals surface area contributed by atoms with Gasteiger partial charge in [-0.1, -0.05) is 17.7 Å². The summed E-state index contributed by atoms with van der Waals surface area (Å²) in [4.78, 5) is 0. The molecule has 0 amide bonds. The molecular formula is C8H6BrClN2. The highest BCUT2D eigenvalue weighted by atomic mass is 79.9. The van der Waals surface area contributed by atoms with Crippen molar-refractivity contribution < 1.29 is 0 Å². The molecule has 1 aromatic carbocycles. The van der Waals surface area contributed by atoms with Gasteiger partial charge in [-0.25, -0.2) is 0 Å². The van der Waals surface area contributed by atoms with E-state index in [0.717, 1.165) is 5.56 Å². The molecule has 0 spiro atoms. The Kier molecular flexibility index (Phi) is 3.10. The smallest absolute Gasteiger partial charge is 0.102 e. The van der Waals surface area contributed by atoms with Crippen LogP contribution in [0.4, 0.5) is 0 Å². The molecule has 12 heavy (non-hydrogen) atoms. The van der Waals surface area contributed by atoms with Crippen molar-refractivity contribution in [3.05, 3.63) is 32.8 Å². The van der Waals surface area contributed by atoms with Crippen LogP contribution >= 0.6 is 27.5 Å². The van der Waals surface area contributed by atoms with Crippen molar-refractivity contribution in [3.8, 4) is 6.07 Å². The van der Waals surface area contributed by atoms with E-state index in [1.165, 1.54) is 0 Å². The summed E-state index contributed by atoms with van der Waals surface area (Å²) in [5.74, 6) is 0. The first-order chi connectivity index (χ1) is 5.70. The van der Waals surface area contributed by atoms with Gasteiger partial charge in [0.25, 0.3) is 0 Å². The molecule has 0 heterocycles. The minimum atomic E-state index is 0.395. The first-order valence-electron chi connectivity index (χ1n) is 3.27. The normalized spacial score (nSPS) is 9.50. The van der Waals surface area contributed by atoms with Gasteiger partial charge in [0.05, 0.1) is 10.6 Å². The molecule has 0 bridgehead atoms. The molecule has 0 aliphatic rings. The summed E-state index contributed by atoms with van der Waals surface area (Å²) in [6.07, 6.45) is 0. The predicted octanol–water partition coefficient (Wildman–Crippen LogP) is 2.43. The first-order valence-corrected chi connectivity index (χ1v) is 4.45. The maximum Gasteiger partial charge on any atom is 0.102 e. The number of halogens is 2. The number of hydrogen-bond donors (Lipinski definition) is 1. The zero-order chi connectivity index (χ0) is 9.14. The Morgan fingerprint density at radius 3 is 2.75 bits per heavy atom. The summed E-state index contributed by atoms with van der Waals surface area (Å²) < 4.78 is 0.694. The van der Waals surface area contributed by atoms with E-state index in [1.54, 1.807) is 12.1 Å². The van der Waals surface area contributed by atoms with Crippen LogP contribution in [0.3, 0.4) is 0 Å². The summed E-state index contributed by atoms with van der Waals surface area (Å²) in [5.41, 5.74) is 6.77. The van der Waals surface area contributed by atoms with Gasteiger partial charge in [-0.15, -0.1) is 0 Å². The fourth-order valence-corrected chi connectivity index (χ4v) is 1.77. The van der Waals surface area contributed by atoms with E-state index in [-0.39, 0.29) is 0 Å². The molecule has 0 unspecified atom stereocenters. The van der Waals surface area contributed by atoms with Gasteiger partial charge in [0, 0.05) is 11.0 Å². The lowest BCUT2D eigenvalue weighted by atomic mass is 10.1. The van der Waals surface area contributed by atoms with Crippen molar-refractivity contribution in [2.75, 3.05) is 0 Å². The Morgan fingerprint density at radius 1 is 1.58 bits per heavy atom. The van der Waals surface area contributed by atoms with Crippen LogP contribution in [0.15, 0.2) is 16.6 Å². The van der Waals surface area contributed by atoms with E-state index in [9.17, 15) is 0 Å². The monoisotopic (exact) mass is 244 g/mol. The molecule has 0 aliphatic carbocycles. The van der Waals surface area contributed by atoms with Crippen LogP contribution in [0.1, 0.15) is 11.1 Å². The minimum Gasteiger partial charge on any atom is -0.326 e. The van der Waals surface area contributed by atoms with Crippen LogP contribution in [0, 0.1) is 11.3 Å². The fourth-order valence-electron chi connectivity index (χ4n) is 0.856. The lowest BCUT2D eigenvalue weighted by molar-refractivity contribution is 1.06. The van der Waals surface area contributed by atoms with Crippen molar-refractivity contribution in [1.82, 2.24) is 0 Å². The van der Waals surface area contributed by atoms with Gasteiger partial charge in [0.15, 0.2) is 0 Å². The molecule has 2 nitrogen and oxygen atoms in total. The lowest BCUT2D eigenvalue weighted by Crippen LogP contribution is -1.98. The topological polar surface area (TPSA) is 49.8 Å². The Balaban J connectivity index is 3.36.